The Labute approximate surface area is 177 Å². The maximum absolute atomic E-state index is 12.8. The normalized spacial score (nSPS) is 19.0. The highest BCUT2D eigenvalue weighted by Crippen LogP contribution is 2.23. The van der Waals surface area contributed by atoms with Crippen molar-refractivity contribution in [1.82, 2.24) is 10.2 Å². The van der Waals surface area contributed by atoms with E-state index < -0.39 is 35.8 Å². The summed E-state index contributed by atoms with van der Waals surface area (Å²) in [4.78, 5) is 38.8. The maximum Gasteiger partial charge on any atom is 0.410 e. The summed E-state index contributed by atoms with van der Waals surface area (Å²) < 4.78 is 15.9. The van der Waals surface area contributed by atoms with Crippen LogP contribution in [0.5, 0.6) is 0 Å². The molecule has 1 fully saturated rings. The average molecular weight is 421 g/mol. The molecular formula is C22H32N2O6. The largest absolute Gasteiger partial charge is 0.466 e. The van der Waals surface area contributed by atoms with Crippen LogP contribution in [0.4, 0.5) is 9.59 Å². The standard InChI is InChI=1S/C22H32N2O6/c1-5-28-19(25)14-18-17(23-20(26)30-22(2,3)4)12-9-13-24(18)21(27)29-15-16-10-7-6-8-11-16/h6-8,10-11,17-18H,5,9,12-15H2,1-4H3,(H,23,26)/t17-,18+/m0/s1. The fraction of sp³-hybridized carbons (Fsp3) is 0.591. The van der Waals surface area contributed by atoms with E-state index in [2.05, 4.69) is 5.32 Å². The van der Waals surface area contributed by atoms with Gasteiger partial charge in [0, 0.05) is 6.54 Å². The highest BCUT2D eigenvalue weighted by atomic mass is 16.6. The van der Waals surface area contributed by atoms with Gasteiger partial charge in [0.15, 0.2) is 0 Å². The molecule has 0 aliphatic carbocycles. The molecule has 30 heavy (non-hydrogen) atoms. The number of rotatable bonds is 6. The first-order valence-electron chi connectivity index (χ1n) is 10.3. The van der Waals surface area contributed by atoms with Crippen molar-refractivity contribution in [3.05, 3.63) is 35.9 Å². The summed E-state index contributed by atoms with van der Waals surface area (Å²) in [6.45, 7) is 7.86. The lowest BCUT2D eigenvalue weighted by atomic mass is 9.94. The first-order valence-corrected chi connectivity index (χ1v) is 10.3. The Bertz CT molecular complexity index is 716. The number of benzene rings is 1. The van der Waals surface area contributed by atoms with Crippen LogP contribution < -0.4 is 5.32 Å². The molecule has 1 saturated heterocycles. The maximum atomic E-state index is 12.8. The van der Waals surface area contributed by atoms with Gasteiger partial charge >= 0.3 is 18.2 Å². The second-order valence-electron chi connectivity index (χ2n) is 8.21. The molecule has 0 aromatic heterocycles. The van der Waals surface area contributed by atoms with Crippen LogP contribution in [-0.4, -0.2) is 53.9 Å². The molecule has 0 bridgehead atoms. The monoisotopic (exact) mass is 420 g/mol. The summed E-state index contributed by atoms with van der Waals surface area (Å²) in [5.74, 6) is -0.429. The van der Waals surface area contributed by atoms with Gasteiger partial charge in [-0.05, 0) is 46.1 Å². The molecule has 2 rings (SSSR count). The third kappa shape index (κ3) is 7.57. The molecule has 1 aliphatic heterocycles. The Hall–Kier alpha value is -2.77. The van der Waals surface area contributed by atoms with Gasteiger partial charge < -0.3 is 24.4 Å². The number of carbonyl (C=O) groups is 3. The van der Waals surface area contributed by atoms with Gasteiger partial charge in [-0.3, -0.25) is 4.79 Å². The number of nitrogens with one attached hydrogen (secondary N) is 1. The number of piperidine rings is 1. The Morgan fingerprint density at radius 3 is 2.47 bits per heavy atom. The van der Waals surface area contributed by atoms with E-state index in [9.17, 15) is 14.4 Å². The fourth-order valence-electron chi connectivity index (χ4n) is 3.36. The van der Waals surface area contributed by atoms with Gasteiger partial charge in [-0.1, -0.05) is 30.3 Å². The number of hydrogen-bond acceptors (Lipinski definition) is 6. The smallest absolute Gasteiger partial charge is 0.410 e. The van der Waals surface area contributed by atoms with E-state index in [0.717, 1.165) is 5.56 Å². The Kier molecular flexibility index (Phi) is 8.50. The minimum absolute atomic E-state index is 0.0330. The number of likely N-dealkylation sites (tertiary alicyclic amines) is 1. The highest BCUT2D eigenvalue weighted by molar-refractivity contribution is 5.74. The molecule has 8 nitrogen and oxygen atoms in total. The second-order valence-corrected chi connectivity index (χ2v) is 8.21. The van der Waals surface area contributed by atoms with Gasteiger partial charge in [0.25, 0.3) is 0 Å². The van der Waals surface area contributed by atoms with Crippen molar-refractivity contribution >= 4 is 18.2 Å². The molecule has 0 radical (unpaired) electrons. The minimum Gasteiger partial charge on any atom is -0.466 e. The molecule has 1 N–H and O–H groups in total. The van der Waals surface area contributed by atoms with Crippen LogP contribution in [0.3, 0.4) is 0 Å². The van der Waals surface area contributed by atoms with Crippen molar-refractivity contribution in [1.29, 1.82) is 0 Å². The summed E-state index contributed by atoms with van der Waals surface area (Å²) >= 11 is 0. The summed E-state index contributed by atoms with van der Waals surface area (Å²) in [5, 5.41) is 2.81. The predicted octanol–water partition coefficient (Wildman–Crippen LogP) is 3.63. The number of amides is 2. The molecule has 8 heteroatoms. The second kappa shape index (κ2) is 10.8. The fourth-order valence-corrected chi connectivity index (χ4v) is 3.36. The van der Waals surface area contributed by atoms with E-state index in [-0.39, 0.29) is 19.6 Å². The average Bonchev–Trinajstić information content (AvgIpc) is 2.67. The zero-order valence-corrected chi connectivity index (χ0v) is 18.2. The van der Waals surface area contributed by atoms with Crippen molar-refractivity contribution in [2.45, 2.75) is 71.2 Å². The topological polar surface area (TPSA) is 94.2 Å². The van der Waals surface area contributed by atoms with Gasteiger partial charge in [-0.2, -0.15) is 0 Å². The van der Waals surface area contributed by atoms with E-state index in [1.165, 1.54) is 4.90 Å². The Morgan fingerprint density at radius 2 is 1.83 bits per heavy atom. The first kappa shape index (κ1) is 23.5. The van der Waals surface area contributed by atoms with Crippen molar-refractivity contribution in [3.8, 4) is 0 Å². The highest BCUT2D eigenvalue weighted by Gasteiger charge is 2.38. The minimum atomic E-state index is -0.649. The van der Waals surface area contributed by atoms with Crippen LogP contribution in [0.25, 0.3) is 0 Å². The third-order valence-electron chi connectivity index (χ3n) is 4.60. The molecule has 1 aromatic rings. The van der Waals surface area contributed by atoms with Gasteiger partial charge in [-0.15, -0.1) is 0 Å². The number of nitrogens with zero attached hydrogens (tertiary/aromatic N) is 1. The summed E-state index contributed by atoms with van der Waals surface area (Å²) in [5.41, 5.74) is 0.220. The quantitative estimate of drug-likeness (QED) is 0.558. The van der Waals surface area contributed by atoms with Gasteiger partial charge in [0.1, 0.15) is 12.2 Å². The van der Waals surface area contributed by atoms with E-state index in [1.54, 1.807) is 27.7 Å². The lowest BCUT2D eigenvalue weighted by Gasteiger charge is -2.40. The lowest BCUT2D eigenvalue weighted by Crippen LogP contribution is -2.58. The molecule has 1 aliphatic rings. The molecule has 166 valence electrons. The van der Waals surface area contributed by atoms with Crippen LogP contribution in [0.1, 0.15) is 52.5 Å². The van der Waals surface area contributed by atoms with Gasteiger partial charge in [-0.25, -0.2) is 9.59 Å². The molecule has 0 saturated carbocycles. The Morgan fingerprint density at radius 1 is 1.13 bits per heavy atom. The molecule has 0 unspecified atom stereocenters. The van der Waals surface area contributed by atoms with E-state index in [4.69, 9.17) is 14.2 Å². The van der Waals surface area contributed by atoms with Crippen LogP contribution in [0.2, 0.25) is 0 Å². The Balaban J connectivity index is 2.09. The van der Waals surface area contributed by atoms with E-state index >= 15 is 0 Å². The van der Waals surface area contributed by atoms with Crippen molar-refractivity contribution in [3.63, 3.8) is 0 Å². The van der Waals surface area contributed by atoms with Crippen LogP contribution in [0.15, 0.2) is 30.3 Å². The number of hydrogen-bond donors (Lipinski definition) is 1. The number of ether oxygens (including phenoxy) is 3. The molecule has 2 atom stereocenters. The molecule has 0 spiro atoms. The van der Waals surface area contributed by atoms with Crippen LogP contribution in [-0.2, 0) is 25.6 Å². The first-order chi connectivity index (χ1) is 14.2. The molecule has 1 heterocycles. The molecule has 2 amide bonds. The third-order valence-corrected chi connectivity index (χ3v) is 4.60. The van der Waals surface area contributed by atoms with Gasteiger partial charge in [0.05, 0.1) is 25.1 Å². The van der Waals surface area contributed by atoms with Crippen LogP contribution >= 0.6 is 0 Å². The predicted molar refractivity (Wildman–Crippen MR) is 111 cm³/mol. The van der Waals surface area contributed by atoms with Crippen molar-refractivity contribution in [2.75, 3.05) is 13.2 Å². The summed E-state index contributed by atoms with van der Waals surface area (Å²) in [7, 11) is 0. The lowest BCUT2D eigenvalue weighted by molar-refractivity contribution is -0.145. The molecule has 1 aromatic carbocycles. The van der Waals surface area contributed by atoms with E-state index in [0.29, 0.717) is 19.4 Å². The van der Waals surface area contributed by atoms with Crippen molar-refractivity contribution in [2.24, 2.45) is 0 Å². The van der Waals surface area contributed by atoms with Crippen LogP contribution in [0, 0.1) is 0 Å². The van der Waals surface area contributed by atoms with Gasteiger partial charge in [0.2, 0.25) is 0 Å². The molecular weight excluding hydrogens is 388 g/mol. The SMILES string of the molecule is CCOC(=O)C[C@@H]1[C@@H](NC(=O)OC(C)(C)C)CCCN1C(=O)OCc1ccccc1. The zero-order valence-electron chi connectivity index (χ0n) is 18.2. The summed E-state index contributed by atoms with van der Waals surface area (Å²) in [6, 6.07) is 8.34. The summed E-state index contributed by atoms with van der Waals surface area (Å²) in [6.07, 6.45) is 0.144. The van der Waals surface area contributed by atoms with Crippen molar-refractivity contribution < 1.29 is 28.6 Å². The number of carbonyl (C=O) groups excluding carboxylic acids is 3. The number of esters is 1. The van der Waals surface area contributed by atoms with E-state index in [1.807, 2.05) is 30.3 Å². The number of alkyl carbamates (subject to hydrolysis) is 1. The zero-order chi connectivity index (χ0) is 22.1.